The van der Waals surface area contributed by atoms with Crippen molar-refractivity contribution in [3.63, 3.8) is 0 Å². The third-order valence-corrected chi connectivity index (χ3v) is 7.15. The van der Waals surface area contributed by atoms with Crippen LogP contribution in [-0.4, -0.2) is 26.7 Å². The van der Waals surface area contributed by atoms with E-state index in [4.69, 9.17) is 4.74 Å². The number of benzene rings is 3. The highest BCUT2D eigenvalue weighted by Crippen LogP contribution is 2.40. The molecule has 202 valence electrons. The van der Waals surface area contributed by atoms with Crippen molar-refractivity contribution >= 4 is 17.4 Å². The fraction of sp³-hybridized carbons (Fsp3) is 0.206. The van der Waals surface area contributed by atoms with Crippen LogP contribution in [-0.2, 0) is 22.7 Å². The molecule has 0 aliphatic carbocycles. The van der Waals surface area contributed by atoms with E-state index in [1.807, 2.05) is 55.5 Å². The van der Waals surface area contributed by atoms with Gasteiger partial charge in [0.15, 0.2) is 0 Å². The van der Waals surface area contributed by atoms with E-state index in [0.717, 1.165) is 27.8 Å². The minimum Gasteiger partial charge on any atom is -0.507 e. The number of carbonyl (C=O) groups is 2. The third-order valence-electron chi connectivity index (χ3n) is 7.15. The molecule has 1 saturated heterocycles. The molecule has 1 fully saturated rings. The van der Waals surface area contributed by atoms with Gasteiger partial charge >= 0.3 is 0 Å². The molecule has 5 rings (SSSR count). The van der Waals surface area contributed by atoms with Crippen molar-refractivity contribution in [3.05, 3.63) is 136 Å². The Labute approximate surface area is 234 Å². The Bertz CT molecular complexity index is 1540. The summed E-state index contributed by atoms with van der Waals surface area (Å²) < 4.78 is 5.92. The van der Waals surface area contributed by atoms with Crippen molar-refractivity contribution in [2.45, 2.75) is 45.9 Å². The maximum atomic E-state index is 13.4. The van der Waals surface area contributed by atoms with Gasteiger partial charge in [-0.2, -0.15) is 0 Å². The molecule has 1 aliphatic rings. The van der Waals surface area contributed by atoms with E-state index in [1.165, 1.54) is 4.90 Å². The third kappa shape index (κ3) is 5.66. The summed E-state index contributed by atoms with van der Waals surface area (Å²) in [5.74, 6) is -0.603. The first kappa shape index (κ1) is 26.9. The largest absolute Gasteiger partial charge is 0.507 e. The average molecular weight is 533 g/mol. The molecule has 1 unspecified atom stereocenters. The van der Waals surface area contributed by atoms with Gasteiger partial charge in [-0.15, -0.1) is 0 Å². The van der Waals surface area contributed by atoms with Crippen molar-refractivity contribution < 1.29 is 19.4 Å². The van der Waals surface area contributed by atoms with Crippen LogP contribution in [0.2, 0.25) is 0 Å². The smallest absolute Gasteiger partial charge is 0.295 e. The summed E-state index contributed by atoms with van der Waals surface area (Å²) in [5.41, 5.74) is 5.43. The zero-order chi connectivity index (χ0) is 28.2. The van der Waals surface area contributed by atoms with Crippen LogP contribution in [0.5, 0.6) is 5.75 Å². The molecule has 0 spiro atoms. The number of rotatable bonds is 8. The molecule has 40 heavy (non-hydrogen) atoms. The standard InChI is InChI=1S/C34H32N2O4/c1-22(2)26-9-11-27(12-10-26)31-30(33(38)34(39)36(31)20-25-8-5-17-35-19-25)32(37)28-13-15-29(16-14-28)40-21-24-7-4-6-23(3)18-24/h4-19,22,31,37H,20-21H2,1-3H3/b32-30-. The number of aliphatic hydroxyl groups is 1. The van der Waals surface area contributed by atoms with Crippen LogP contribution >= 0.6 is 0 Å². The molecule has 0 bridgehead atoms. The maximum Gasteiger partial charge on any atom is 0.295 e. The zero-order valence-corrected chi connectivity index (χ0v) is 22.9. The normalized spacial score (nSPS) is 16.5. The Morgan fingerprint density at radius 1 is 0.950 bits per heavy atom. The molecule has 2 heterocycles. The van der Waals surface area contributed by atoms with Crippen LogP contribution in [0.15, 0.2) is 103 Å². The number of ketones is 1. The summed E-state index contributed by atoms with van der Waals surface area (Å²) in [7, 11) is 0. The van der Waals surface area contributed by atoms with Crippen molar-refractivity contribution in [2.24, 2.45) is 0 Å². The highest BCUT2D eigenvalue weighted by Gasteiger charge is 2.46. The summed E-state index contributed by atoms with van der Waals surface area (Å²) in [5, 5.41) is 11.4. The molecular formula is C34H32N2O4. The lowest BCUT2D eigenvalue weighted by Crippen LogP contribution is -2.29. The number of hydrogen-bond acceptors (Lipinski definition) is 5. The van der Waals surface area contributed by atoms with Gasteiger partial charge in [-0.25, -0.2) is 0 Å². The first-order chi connectivity index (χ1) is 19.3. The summed E-state index contributed by atoms with van der Waals surface area (Å²) in [6.07, 6.45) is 3.34. The lowest BCUT2D eigenvalue weighted by molar-refractivity contribution is -0.140. The van der Waals surface area contributed by atoms with Crippen molar-refractivity contribution in [1.82, 2.24) is 9.88 Å². The Balaban J connectivity index is 1.48. The zero-order valence-electron chi connectivity index (χ0n) is 22.9. The van der Waals surface area contributed by atoms with Crippen molar-refractivity contribution in [1.29, 1.82) is 0 Å². The SMILES string of the molecule is Cc1cccc(COc2ccc(/C(O)=C3/C(=O)C(=O)N(Cc4cccnc4)C3c3ccc(C(C)C)cc3)cc2)c1. The van der Waals surface area contributed by atoms with Gasteiger partial charge in [-0.3, -0.25) is 14.6 Å². The second-order valence-corrected chi connectivity index (χ2v) is 10.4. The number of aliphatic hydroxyl groups excluding tert-OH is 1. The van der Waals surface area contributed by atoms with Gasteiger partial charge in [0, 0.05) is 24.5 Å². The number of amides is 1. The molecule has 0 radical (unpaired) electrons. The fourth-order valence-electron chi connectivity index (χ4n) is 4.97. The van der Waals surface area contributed by atoms with Crippen LogP contribution in [0.25, 0.3) is 5.76 Å². The van der Waals surface area contributed by atoms with E-state index < -0.39 is 17.7 Å². The predicted molar refractivity (Wildman–Crippen MR) is 155 cm³/mol. The molecule has 1 amide bonds. The van der Waals surface area contributed by atoms with Gasteiger partial charge in [0.2, 0.25) is 0 Å². The lowest BCUT2D eigenvalue weighted by atomic mass is 9.93. The quantitative estimate of drug-likeness (QED) is 0.155. The molecule has 1 atom stereocenters. The first-order valence-corrected chi connectivity index (χ1v) is 13.4. The van der Waals surface area contributed by atoms with Crippen molar-refractivity contribution in [2.75, 3.05) is 0 Å². The van der Waals surface area contributed by atoms with E-state index in [1.54, 1.807) is 42.7 Å². The van der Waals surface area contributed by atoms with Crippen LogP contribution < -0.4 is 4.74 Å². The molecule has 6 nitrogen and oxygen atoms in total. The Hall–Kier alpha value is -4.71. The number of likely N-dealkylation sites (tertiary alicyclic amines) is 1. The highest BCUT2D eigenvalue weighted by molar-refractivity contribution is 6.46. The molecule has 4 aromatic rings. The number of pyridine rings is 1. The highest BCUT2D eigenvalue weighted by atomic mass is 16.5. The molecule has 1 aromatic heterocycles. The Morgan fingerprint density at radius 2 is 1.68 bits per heavy atom. The number of ether oxygens (including phenoxy) is 1. The number of hydrogen-bond donors (Lipinski definition) is 1. The number of carbonyl (C=O) groups excluding carboxylic acids is 2. The minimum atomic E-state index is -0.737. The van der Waals surface area contributed by atoms with E-state index in [-0.39, 0.29) is 17.9 Å². The van der Waals surface area contributed by atoms with E-state index in [9.17, 15) is 14.7 Å². The molecule has 3 aromatic carbocycles. The predicted octanol–water partition coefficient (Wildman–Crippen LogP) is 6.71. The van der Waals surface area contributed by atoms with Gasteiger partial charge in [0.1, 0.15) is 18.1 Å². The number of Topliss-reactive ketones (excluding diaryl/α,β-unsaturated/α-hetero) is 1. The molecular weight excluding hydrogens is 500 g/mol. The van der Waals surface area contributed by atoms with Crippen molar-refractivity contribution in [3.8, 4) is 5.75 Å². The van der Waals surface area contributed by atoms with Gasteiger partial charge in [-0.05, 0) is 65.4 Å². The van der Waals surface area contributed by atoms with E-state index in [0.29, 0.717) is 23.8 Å². The number of aromatic nitrogens is 1. The van der Waals surface area contributed by atoms with E-state index >= 15 is 0 Å². The van der Waals surface area contributed by atoms with Crippen LogP contribution in [0.1, 0.15) is 59.2 Å². The second kappa shape index (κ2) is 11.6. The van der Waals surface area contributed by atoms with Gasteiger partial charge < -0.3 is 14.7 Å². The Kier molecular flexibility index (Phi) is 7.78. The Morgan fingerprint density at radius 3 is 2.33 bits per heavy atom. The van der Waals surface area contributed by atoms with E-state index in [2.05, 4.69) is 24.9 Å². The maximum absolute atomic E-state index is 13.4. The lowest BCUT2D eigenvalue weighted by Gasteiger charge is -2.25. The van der Waals surface area contributed by atoms with Gasteiger partial charge in [0.25, 0.3) is 11.7 Å². The molecule has 1 aliphatic heterocycles. The summed E-state index contributed by atoms with van der Waals surface area (Å²) in [6.45, 7) is 6.86. The van der Waals surface area contributed by atoms with Crippen LogP contribution in [0.3, 0.4) is 0 Å². The second-order valence-electron chi connectivity index (χ2n) is 10.4. The minimum absolute atomic E-state index is 0.0691. The van der Waals surface area contributed by atoms with Crippen LogP contribution in [0.4, 0.5) is 0 Å². The van der Waals surface area contributed by atoms with Crippen LogP contribution in [0, 0.1) is 6.92 Å². The monoisotopic (exact) mass is 532 g/mol. The van der Waals surface area contributed by atoms with Gasteiger partial charge in [-0.1, -0.05) is 74.0 Å². The summed E-state index contributed by atoms with van der Waals surface area (Å²) in [6, 6.07) is 25.8. The average Bonchev–Trinajstić information content (AvgIpc) is 3.21. The summed E-state index contributed by atoms with van der Waals surface area (Å²) >= 11 is 0. The van der Waals surface area contributed by atoms with Gasteiger partial charge in [0.05, 0.1) is 11.6 Å². The molecule has 0 saturated carbocycles. The first-order valence-electron chi connectivity index (χ1n) is 13.4. The topological polar surface area (TPSA) is 79.7 Å². The molecule has 1 N–H and O–H groups in total. The molecule has 6 heteroatoms. The number of nitrogens with zero attached hydrogens (tertiary/aromatic N) is 2. The summed E-state index contributed by atoms with van der Waals surface area (Å²) in [4.78, 5) is 32.3. The number of aryl methyl sites for hydroxylation is 1. The fourth-order valence-corrected chi connectivity index (χ4v) is 4.97.